The van der Waals surface area contributed by atoms with E-state index in [1.807, 2.05) is 31.2 Å². The molecular formula is C12H14BrNO2. The average Bonchev–Trinajstić information content (AvgIpc) is 2.28. The SMILES string of the molecule is COC(=O)/C=C/N[C@@H](C)c1cccc(Br)c1. The first-order valence-corrected chi connectivity index (χ1v) is 5.69. The largest absolute Gasteiger partial charge is 0.466 e. The van der Waals surface area contributed by atoms with Crippen molar-refractivity contribution in [2.24, 2.45) is 0 Å². The van der Waals surface area contributed by atoms with Crippen molar-refractivity contribution in [3.05, 3.63) is 46.6 Å². The van der Waals surface area contributed by atoms with E-state index in [-0.39, 0.29) is 12.0 Å². The summed E-state index contributed by atoms with van der Waals surface area (Å²) in [6, 6.07) is 8.14. The second kappa shape index (κ2) is 6.33. The van der Waals surface area contributed by atoms with E-state index in [9.17, 15) is 4.79 Å². The minimum Gasteiger partial charge on any atom is -0.466 e. The van der Waals surface area contributed by atoms with E-state index in [1.54, 1.807) is 6.20 Å². The van der Waals surface area contributed by atoms with Gasteiger partial charge in [0.15, 0.2) is 0 Å². The molecule has 0 aliphatic carbocycles. The van der Waals surface area contributed by atoms with Crippen LogP contribution in [0.2, 0.25) is 0 Å². The zero-order valence-corrected chi connectivity index (χ0v) is 10.8. The predicted molar refractivity (Wildman–Crippen MR) is 66.8 cm³/mol. The second-order valence-corrected chi connectivity index (χ2v) is 4.22. The maximum Gasteiger partial charge on any atom is 0.331 e. The van der Waals surface area contributed by atoms with Crippen LogP contribution >= 0.6 is 15.9 Å². The predicted octanol–water partition coefficient (Wildman–Crippen LogP) is 2.79. The molecule has 0 radical (unpaired) electrons. The maximum absolute atomic E-state index is 10.8. The topological polar surface area (TPSA) is 38.3 Å². The quantitative estimate of drug-likeness (QED) is 0.682. The van der Waals surface area contributed by atoms with Crippen LogP contribution in [0.1, 0.15) is 18.5 Å². The molecule has 3 nitrogen and oxygen atoms in total. The van der Waals surface area contributed by atoms with Gasteiger partial charge in [0.1, 0.15) is 0 Å². The molecule has 4 heteroatoms. The van der Waals surface area contributed by atoms with Gasteiger partial charge in [-0.1, -0.05) is 28.1 Å². The molecule has 1 rings (SSSR count). The minimum absolute atomic E-state index is 0.137. The van der Waals surface area contributed by atoms with Crippen molar-refractivity contribution < 1.29 is 9.53 Å². The summed E-state index contributed by atoms with van der Waals surface area (Å²) in [5.41, 5.74) is 1.14. The lowest BCUT2D eigenvalue weighted by Gasteiger charge is -2.12. The van der Waals surface area contributed by atoms with Gasteiger partial charge in [-0.3, -0.25) is 0 Å². The lowest BCUT2D eigenvalue weighted by molar-refractivity contribution is -0.134. The number of ether oxygens (including phenoxy) is 1. The number of nitrogens with one attached hydrogen (secondary N) is 1. The molecule has 0 amide bonds. The van der Waals surface area contributed by atoms with Crippen molar-refractivity contribution >= 4 is 21.9 Å². The van der Waals surface area contributed by atoms with Gasteiger partial charge in [-0.2, -0.15) is 0 Å². The number of hydrogen-bond donors (Lipinski definition) is 1. The lowest BCUT2D eigenvalue weighted by Crippen LogP contribution is -2.12. The van der Waals surface area contributed by atoms with Crippen LogP contribution in [0.15, 0.2) is 41.0 Å². The Morgan fingerprint density at radius 2 is 2.31 bits per heavy atom. The van der Waals surface area contributed by atoms with Gasteiger partial charge in [0.05, 0.1) is 7.11 Å². The standard InChI is InChI=1S/C12H14BrNO2/c1-9(14-7-6-12(15)16-2)10-4-3-5-11(13)8-10/h3-9,14H,1-2H3/b7-6+/t9-/m0/s1. The third-order valence-electron chi connectivity index (χ3n) is 2.12. The number of carbonyl (C=O) groups is 1. The highest BCUT2D eigenvalue weighted by atomic mass is 79.9. The van der Waals surface area contributed by atoms with Crippen LogP contribution in [0.3, 0.4) is 0 Å². The van der Waals surface area contributed by atoms with E-state index in [0.717, 1.165) is 10.0 Å². The molecule has 86 valence electrons. The Kier molecular flexibility index (Phi) is 5.05. The highest BCUT2D eigenvalue weighted by molar-refractivity contribution is 9.10. The molecule has 0 bridgehead atoms. The fraction of sp³-hybridized carbons (Fsp3) is 0.250. The fourth-order valence-electron chi connectivity index (χ4n) is 1.20. The van der Waals surface area contributed by atoms with Gasteiger partial charge in [0.25, 0.3) is 0 Å². The highest BCUT2D eigenvalue weighted by Gasteiger charge is 2.02. The Morgan fingerprint density at radius 3 is 2.94 bits per heavy atom. The summed E-state index contributed by atoms with van der Waals surface area (Å²) < 4.78 is 5.52. The Bertz CT molecular complexity index is 390. The molecule has 0 saturated heterocycles. The van der Waals surface area contributed by atoms with Gasteiger partial charge >= 0.3 is 5.97 Å². The number of benzene rings is 1. The maximum atomic E-state index is 10.8. The zero-order valence-electron chi connectivity index (χ0n) is 9.24. The monoisotopic (exact) mass is 283 g/mol. The highest BCUT2D eigenvalue weighted by Crippen LogP contribution is 2.17. The molecule has 1 N–H and O–H groups in total. The molecule has 1 atom stereocenters. The number of rotatable bonds is 4. The molecule has 0 heterocycles. The number of esters is 1. The van der Waals surface area contributed by atoms with Gasteiger partial charge in [-0.15, -0.1) is 0 Å². The molecule has 16 heavy (non-hydrogen) atoms. The second-order valence-electron chi connectivity index (χ2n) is 3.30. The Morgan fingerprint density at radius 1 is 1.56 bits per heavy atom. The summed E-state index contributed by atoms with van der Waals surface area (Å²) in [6.07, 6.45) is 2.95. The normalized spacial score (nSPS) is 12.4. The zero-order chi connectivity index (χ0) is 12.0. The van der Waals surface area contributed by atoms with Gasteiger partial charge in [0.2, 0.25) is 0 Å². The molecule has 0 fully saturated rings. The van der Waals surface area contributed by atoms with Crippen LogP contribution in [-0.4, -0.2) is 13.1 Å². The minimum atomic E-state index is -0.367. The molecule has 1 aromatic carbocycles. The van der Waals surface area contributed by atoms with Crippen molar-refractivity contribution in [2.75, 3.05) is 7.11 Å². The van der Waals surface area contributed by atoms with Crippen LogP contribution < -0.4 is 5.32 Å². The van der Waals surface area contributed by atoms with Gasteiger partial charge in [-0.25, -0.2) is 4.79 Å². The molecule has 0 saturated carbocycles. The van der Waals surface area contributed by atoms with E-state index in [4.69, 9.17) is 0 Å². The summed E-state index contributed by atoms with van der Waals surface area (Å²) in [7, 11) is 1.35. The molecule has 0 aliphatic heterocycles. The summed E-state index contributed by atoms with van der Waals surface area (Å²) in [5.74, 6) is -0.367. The fourth-order valence-corrected chi connectivity index (χ4v) is 1.62. The summed E-state index contributed by atoms with van der Waals surface area (Å²) in [5, 5.41) is 3.09. The van der Waals surface area contributed by atoms with E-state index < -0.39 is 0 Å². The first-order chi connectivity index (χ1) is 7.63. The van der Waals surface area contributed by atoms with Crippen LogP contribution in [-0.2, 0) is 9.53 Å². The molecule has 1 aromatic rings. The smallest absolute Gasteiger partial charge is 0.331 e. The molecule has 0 spiro atoms. The Labute approximate surface area is 104 Å². The summed E-state index contributed by atoms with van der Waals surface area (Å²) in [4.78, 5) is 10.8. The van der Waals surface area contributed by atoms with Crippen LogP contribution in [0.25, 0.3) is 0 Å². The number of hydrogen-bond acceptors (Lipinski definition) is 3. The third kappa shape index (κ3) is 4.06. The van der Waals surface area contributed by atoms with E-state index in [2.05, 4.69) is 26.0 Å². The van der Waals surface area contributed by atoms with E-state index >= 15 is 0 Å². The van der Waals surface area contributed by atoms with Gasteiger partial charge in [0, 0.05) is 22.8 Å². The molecule has 0 aromatic heterocycles. The van der Waals surface area contributed by atoms with Crippen molar-refractivity contribution in [3.8, 4) is 0 Å². The van der Waals surface area contributed by atoms with E-state index in [1.165, 1.54) is 13.2 Å². The van der Waals surface area contributed by atoms with Crippen molar-refractivity contribution in [2.45, 2.75) is 13.0 Å². The van der Waals surface area contributed by atoms with Gasteiger partial charge in [-0.05, 0) is 24.6 Å². The van der Waals surface area contributed by atoms with E-state index in [0.29, 0.717) is 0 Å². The van der Waals surface area contributed by atoms with Gasteiger partial charge < -0.3 is 10.1 Å². The summed E-state index contributed by atoms with van der Waals surface area (Å²) in [6.45, 7) is 2.02. The van der Waals surface area contributed by atoms with Crippen LogP contribution in [0.5, 0.6) is 0 Å². The number of carbonyl (C=O) groups excluding carboxylic acids is 1. The molecule has 0 aliphatic rings. The van der Waals surface area contributed by atoms with Crippen LogP contribution in [0.4, 0.5) is 0 Å². The first kappa shape index (κ1) is 12.8. The Hall–Kier alpha value is -1.29. The Balaban J connectivity index is 2.56. The molecule has 0 unspecified atom stereocenters. The third-order valence-corrected chi connectivity index (χ3v) is 2.61. The average molecular weight is 284 g/mol. The van der Waals surface area contributed by atoms with Crippen LogP contribution in [0, 0.1) is 0 Å². The first-order valence-electron chi connectivity index (χ1n) is 4.89. The van der Waals surface area contributed by atoms with Crippen molar-refractivity contribution in [3.63, 3.8) is 0 Å². The number of methoxy groups -OCH3 is 1. The number of halogens is 1. The lowest BCUT2D eigenvalue weighted by atomic mass is 10.1. The molecular weight excluding hydrogens is 270 g/mol. The van der Waals surface area contributed by atoms with Crippen molar-refractivity contribution in [1.82, 2.24) is 5.32 Å². The summed E-state index contributed by atoms with van der Waals surface area (Å²) >= 11 is 3.41. The van der Waals surface area contributed by atoms with Crippen molar-refractivity contribution in [1.29, 1.82) is 0 Å².